The highest BCUT2D eigenvalue weighted by Crippen LogP contribution is 2.15. The first kappa shape index (κ1) is 21.7. The van der Waals surface area contributed by atoms with E-state index in [1.807, 2.05) is 34.7 Å². The number of methoxy groups -OCH3 is 1. The number of rotatable bonds is 1. The maximum absolute atomic E-state index is 10.9. The van der Waals surface area contributed by atoms with Gasteiger partial charge in [0.05, 0.1) is 6.10 Å². The summed E-state index contributed by atoms with van der Waals surface area (Å²) in [6, 6.07) is 0. The summed E-state index contributed by atoms with van der Waals surface area (Å²) in [4.78, 5) is 12.6. The normalized spacial score (nSPS) is 21.4. The van der Waals surface area contributed by atoms with Gasteiger partial charge in [-0.1, -0.05) is 66.2 Å². The van der Waals surface area contributed by atoms with Crippen LogP contribution in [0.3, 0.4) is 0 Å². The molecule has 20 heavy (non-hydrogen) atoms. The molecule has 2 fully saturated rings. The Balaban J connectivity index is 0. The van der Waals surface area contributed by atoms with Crippen LogP contribution in [0.2, 0.25) is 0 Å². The van der Waals surface area contributed by atoms with Crippen molar-refractivity contribution in [2.45, 2.75) is 85.2 Å². The summed E-state index contributed by atoms with van der Waals surface area (Å²) >= 11 is 0. The molecule has 2 aliphatic rings. The van der Waals surface area contributed by atoms with Crippen molar-refractivity contribution in [1.29, 1.82) is 0 Å². The predicted octanol–water partition coefficient (Wildman–Crippen LogP) is 4.65. The van der Waals surface area contributed by atoms with E-state index in [2.05, 4.69) is 0 Å². The molecule has 0 radical (unpaired) electrons. The quantitative estimate of drug-likeness (QED) is 0.702. The van der Waals surface area contributed by atoms with Crippen LogP contribution in [0.15, 0.2) is 0 Å². The Bertz CT molecular complexity index is 192. The molecule has 1 aliphatic heterocycles. The molecule has 0 N–H and O–H groups in total. The standard InChI is InChI=1S/C7H13NO2.C6H12.2C2H6/c1-8-5-6(10-2)3-4-7(8)9;1-2-4-6-5-3-1;2*1-2/h6H,3-5H2,1-2H3;1-6H2;2*1-2H3. The number of ether oxygens (including phenoxy) is 1. The zero-order valence-corrected chi connectivity index (χ0v) is 14.7. The summed E-state index contributed by atoms with van der Waals surface area (Å²) in [5.41, 5.74) is 0. The number of hydrogen-bond donors (Lipinski definition) is 0. The monoisotopic (exact) mass is 287 g/mol. The lowest BCUT2D eigenvalue weighted by Gasteiger charge is -2.28. The van der Waals surface area contributed by atoms with Gasteiger partial charge in [0.15, 0.2) is 0 Å². The maximum atomic E-state index is 10.9. The molecule has 0 aromatic carbocycles. The summed E-state index contributed by atoms with van der Waals surface area (Å²) in [6.07, 6.45) is 10.8. The molecule has 0 aromatic rings. The summed E-state index contributed by atoms with van der Waals surface area (Å²) < 4.78 is 5.12. The first-order chi connectivity index (χ1) is 9.74. The second-order valence-electron chi connectivity index (χ2n) is 4.79. The fraction of sp³-hybridized carbons (Fsp3) is 0.941. The van der Waals surface area contributed by atoms with Crippen LogP contribution in [0, 0.1) is 0 Å². The molecule has 0 bridgehead atoms. The van der Waals surface area contributed by atoms with Crippen LogP contribution in [-0.2, 0) is 9.53 Å². The number of likely N-dealkylation sites (tertiary alicyclic amines) is 1. The lowest BCUT2D eigenvalue weighted by atomic mass is 10.0. The van der Waals surface area contributed by atoms with Gasteiger partial charge in [-0.05, 0) is 6.42 Å². The minimum Gasteiger partial charge on any atom is -0.380 e. The summed E-state index contributed by atoms with van der Waals surface area (Å²) in [5, 5.41) is 0. The molecule has 1 amide bonds. The number of piperidine rings is 1. The third-order valence-electron chi connectivity index (χ3n) is 3.42. The summed E-state index contributed by atoms with van der Waals surface area (Å²) in [7, 11) is 3.50. The molecule has 1 atom stereocenters. The highest BCUT2D eigenvalue weighted by atomic mass is 16.5. The van der Waals surface area contributed by atoms with Crippen LogP contribution in [0.4, 0.5) is 0 Å². The largest absolute Gasteiger partial charge is 0.380 e. The zero-order valence-electron chi connectivity index (χ0n) is 14.7. The Morgan fingerprint density at radius 2 is 1.35 bits per heavy atom. The molecule has 1 saturated carbocycles. The van der Waals surface area contributed by atoms with Gasteiger partial charge in [0, 0.05) is 27.1 Å². The van der Waals surface area contributed by atoms with Gasteiger partial charge in [-0.25, -0.2) is 0 Å². The zero-order chi connectivity index (χ0) is 15.8. The summed E-state index contributed by atoms with van der Waals surface area (Å²) in [5.74, 6) is 0.230. The van der Waals surface area contributed by atoms with Crippen molar-refractivity contribution in [2.24, 2.45) is 0 Å². The highest BCUT2D eigenvalue weighted by molar-refractivity contribution is 5.76. The minimum atomic E-state index is 0.230. The fourth-order valence-electron chi connectivity index (χ4n) is 2.23. The molecule has 0 spiro atoms. The smallest absolute Gasteiger partial charge is 0.222 e. The first-order valence-corrected chi connectivity index (χ1v) is 8.51. The molecular formula is C17H37NO2. The molecular weight excluding hydrogens is 250 g/mol. The number of hydrogen-bond acceptors (Lipinski definition) is 2. The molecule has 1 saturated heterocycles. The van der Waals surface area contributed by atoms with E-state index in [1.165, 1.54) is 38.5 Å². The average molecular weight is 287 g/mol. The molecule has 1 aliphatic carbocycles. The average Bonchev–Trinajstić information content (AvgIpc) is 2.56. The van der Waals surface area contributed by atoms with Crippen LogP contribution in [0.5, 0.6) is 0 Å². The van der Waals surface area contributed by atoms with E-state index < -0.39 is 0 Å². The first-order valence-electron chi connectivity index (χ1n) is 8.51. The molecule has 3 heteroatoms. The molecule has 122 valence electrons. The third kappa shape index (κ3) is 11.3. The van der Waals surface area contributed by atoms with Gasteiger partial charge < -0.3 is 9.64 Å². The minimum absolute atomic E-state index is 0.230. The molecule has 1 unspecified atom stereocenters. The van der Waals surface area contributed by atoms with Crippen molar-refractivity contribution in [1.82, 2.24) is 4.90 Å². The van der Waals surface area contributed by atoms with E-state index in [9.17, 15) is 4.79 Å². The van der Waals surface area contributed by atoms with Crippen LogP contribution in [-0.4, -0.2) is 37.6 Å². The van der Waals surface area contributed by atoms with Gasteiger partial charge in [-0.3, -0.25) is 4.79 Å². The Morgan fingerprint density at radius 3 is 1.65 bits per heavy atom. The summed E-state index contributed by atoms with van der Waals surface area (Å²) in [6.45, 7) is 8.75. The van der Waals surface area contributed by atoms with E-state index in [4.69, 9.17) is 4.74 Å². The van der Waals surface area contributed by atoms with Crippen molar-refractivity contribution < 1.29 is 9.53 Å². The van der Waals surface area contributed by atoms with E-state index in [0.717, 1.165) is 13.0 Å². The van der Waals surface area contributed by atoms with Crippen LogP contribution in [0.1, 0.15) is 79.1 Å². The van der Waals surface area contributed by atoms with Crippen molar-refractivity contribution in [3.8, 4) is 0 Å². The molecule has 1 heterocycles. The van der Waals surface area contributed by atoms with Crippen molar-refractivity contribution in [2.75, 3.05) is 20.7 Å². The van der Waals surface area contributed by atoms with Gasteiger partial charge in [0.2, 0.25) is 5.91 Å². The van der Waals surface area contributed by atoms with Gasteiger partial charge in [0.25, 0.3) is 0 Å². The Kier molecular flexibility index (Phi) is 17.9. The van der Waals surface area contributed by atoms with E-state index in [0.29, 0.717) is 6.42 Å². The van der Waals surface area contributed by atoms with Crippen LogP contribution >= 0.6 is 0 Å². The number of nitrogens with zero attached hydrogens (tertiary/aromatic N) is 1. The third-order valence-corrected chi connectivity index (χ3v) is 3.42. The van der Waals surface area contributed by atoms with Crippen LogP contribution in [0.25, 0.3) is 0 Å². The van der Waals surface area contributed by atoms with Crippen LogP contribution < -0.4 is 0 Å². The van der Waals surface area contributed by atoms with Gasteiger partial charge in [0.1, 0.15) is 0 Å². The maximum Gasteiger partial charge on any atom is 0.222 e. The number of likely N-dealkylation sites (N-methyl/N-ethyl adjacent to an activating group) is 1. The molecule has 2 rings (SSSR count). The van der Waals surface area contributed by atoms with Crippen molar-refractivity contribution in [3.63, 3.8) is 0 Å². The second-order valence-corrected chi connectivity index (χ2v) is 4.79. The second kappa shape index (κ2) is 16.5. The number of carbonyl (C=O) groups excluding carboxylic acids is 1. The van der Waals surface area contributed by atoms with E-state index in [-0.39, 0.29) is 12.0 Å². The lowest BCUT2D eigenvalue weighted by Crippen LogP contribution is -2.40. The number of amides is 1. The van der Waals surface area contributed by atoms with E-state index >= 15 is 0 Å². The van der Waals surface area contributed by atoms with Gasteiger partial charge >= 0.3 is 0 Å². The Morgan fingerprint density at radius 1 is 0.950 bits per heavy atom. The predicted molar refractivity (Wildman–Crippen MR) is 88.1 cm³/mol. The fourth-order valence-corrected chi connectivity index (χ4v) is 2.23. The van der Waals surface area contributed by atoms with Gasteiger partial charge in [-0.2, -0.15) is 0 Å². The molecule has 3 nitrogen and oxygen atoms in total. The Hall–Kier alpha value is -0.570. The SMILES string of the molecule is C1CCCCC1.CC.CC.COC1CCC(=O)N(C)C1. The Labute approximate surface area is 127 Å². The van der Waals surface area contributed by atoms with E-state index in [1.54, 1.807) is 12.0 Å². The van der Waals surface area contributed by atoms with Crippen molar-refractivity contribution in [3.05, 3.63) is 0 Å². The highest BCUT2D eigenvalue weighted by Gasteiger charge is 2.21. The molecule has 0 aromatic heterocycles. The lowest BCUT2D eigenvalue weighted by molar-refractivity contribution is -0.135. The van der Waals surface area contributed by atoms with Gasteiger partial charge in [-0.15, -0.1) is 0 Å². The van der Waals surface area contributed by atoms with Crippen molar-refractivity contribution >= 4 is 5.91 Å². The number of carbonyl (C=O) groups is 1. The topological polar surface area (TPSA) is 29.5 Å².